The molecule has 1 unspecified atom stereocenters. The highest BCUT2D eigenvalue weighted by molar-refractivity contribution is 7.13. The van der Waals surface area contributed by atoms with Gasteiger partial charge in [-0.3, -0.25) is 4.90 Å². The smallest absolute Gasteiger partial charge is 0.162 e. The van der Waals surface area contributed by atoms with Crippen LogP contribution in [0.2, 0.25) is 0 Å². The van der Waals surface area contributed by atoms with Crippen LogP contribution in [0.3, 0.4) is 0 Å². The Morgan fingerprint density at radius 3 is 2.86 bits per heavy atom. The molecule has 0 spiro atoms. The molecule has 3 rings (SSSR count). The first-order chi connectivity index (χ1) is 9.54. The monoisotopic (exact) mass is 363 g/mol. The predicted molar refractivity (Wildman–Crippen MR) is 96.0 cm³/mol. The van der Waals surface area contributed by atoms with Crippen molar-refractivity contribution >= 4 is 36.2 Å². The van der Waals surface area contributed by atoms with Crippen LogP contribution in [0.15, 0.2) is 28.2 Å². The van der Waals surface area contributed by atoms with E-state index in [-0.39, 0.29) is 30.2 Å². The molecule has 4 nitrogen and oxygen atoms in total. The summed E-state index contributed by atoms with van der Waals surface area (Å²) >= 11 is 1.64. The summed E-state index contributed by atoms with van der Waals surface area (Å²) in [5, 5.41) is 3.08. The molecule has 124 valence electrons. The SMILES string of the molecule is CC1(C)CN(Cc2csc(-c3ccco3)n2)CCC1N.Cl.Cl. The van der Waals surface area contributed by atoms with Gasteiger partial charge < -0.3 is 10.2 Å². The van der Waals surface area contributed by atoms with E-state index in [0.717, 1.165) is 42.5 Å². The van der Waals surface area contributed by atoms with E-state index in [1.54, 1.807) is 17.6 Å². The number of halogens is 2. The van der Waals surface area contributed by atoms with Crippen molar-refractivity contribution < 1.29 is 4.42 Å². The summed E-state index contributed by atoms with van der Waals surface area (Å²) in [5.41, 5.74) is 7.48. The Kier molecular flexibility index (Phi) is 6.89. The molecule has 0 aromatic carbocycles. The third-order valence-corrected chi connectivity index (χ3v) is 4.97. The Morgan fingerprint density at radius 2 is 2.23 bits per heavy atom. The Morgan fingerprint density at radius 1 is 1.45 bits per heavy atom. The van der Waals surface area contributed by atoms with Crippen molar-refractivity contribution in [3.8, 4) is 10.8 Å². The summed E-state index contributed by atoms with van der Waals surface area (Å²) < 4.78 is 5.39. The van der Waals surface area contributed by atoms with Gasteiger partial charge in [-0.1, -0.05) is 13.8 Å². The van der Waals surface area contributed by atoms with Gasteiger partial charge in [-0.25, -0.2) is 4.98 Å². The number of hydrogen-bond acceptors (Lipinski definition) is 5. The zero-order chi connectivity index (χ0) is 14.2. The van der Waals surface area contributed by atoms with E-state index in [4.69, 9.17) is 10.2 Å². The predicted octanol–water partition coefficient (Wildman–Crippen LogP) is 3.81. The lowest BCUT2D eigenvalue weighted by Gasteiger charge is -2.42. The number of furan rings is 1. The third-order valence-electron chi connectivity index (χ3n) is 4.06. The largest absolute Gasteiger partial charge is 0.462 e. The Balaban J connectivity index is 0.00000121. The second-order valence-electron chi connectivity index (χ2n) is 6.22. The average Bonchev–Trinajstić information content (AvgIpc) is 3.03. The topological polar surface area (TPSA) is 55.3 Å². The molecule has 0 aliphatic carbocycles. The fourth-order valence-corrected chi connectivity index (χ4v) is 3.52. The van der Waals surface area contributed by atoms with Crippen LogP contribution in [0.5, 0.6) is 0 Å². The van der Waals surface area contributed by atoms with Crippen LogP contribution in [0, 0.1) is 5.41 Å². The Hall–Kier alpha value is -0.590. The minimum atomic E-state index is 0. The lowest BCUT2D eigenvalue weighted by Crippen LogP contribution is -2.52. The lowest BCUT2D eigenvalue weighted by molar-refractivity contribution is 0.0891. The number of thiazole rings is 1. The molecule has 2 aromatic rings. The number of likely N-dealkylation sites (tertiary alicyclic amines) is 1. The highest BCUT2D eigenvalue weighted by Crippen LogP contribution is 2.29. The van der Waals surface area contributed by atoms with Crippen molar-refractivity contribution in [2.24, 2.45) is 11.1 Å². The van der Waals surface area contributed by atoms with Gasteiger partial charge in [0.2, 0.25) is 0 Å². The molecule has 1 atom stereocenters. The highest BCUT2D eigenvalue weighted by atomic mass is 35.5. The first-order valence-corrected chi connectivity index (χ1v) is 7.89. The zero-order valence-electron chi connectivity index (χ0n) is 12.8. The fourth-order valence-electron chi connectivity index (χ4n) is 2.74. The molecule has 1 aliphatic rings. The second-order valence-corrected chi connectivity index (χ2v) is 7.07. The van der Waals surface area contributed by atoms with Gasteiger partial charge >= 0.3 is 0 Å². The molecule has 2 N–H and O–H groups in total. The van der Waals surface area contributed by atoms with E-state index in [2.05, 4.69) is 29.1 Å². The number of piperidine rings is 1. The molecular formula is C15H23Cl2N3OS. The molecule has 1 fully saturated rings. The zero-order valence-corrected chi connectivity index (χ0v) is 15.3. The van der Waals surface area contributed by atoms with Crippen molar-refractivity contribution in [3.63, 3.8) is 0 Å². The summed E-state index contributed by atoms with van der Waals surface area (Å²) in [5.74, 6) is 0.849. The number of nitrogens with two attached hydrogens (primary N) is 1. The van der Waals surface area contributed by atoms with Crippen molar-refractivity contribution in [2.45, 2.75) is 32.9 Å². The van der Waals surface area contributed by atoms with Gasteiger partial charge in [0.05, 0.1) is 12.0 Å². The maximum Gasteiger partial charge on any atom is 0.162 e. The van der Waals surface area contributed by atoms with Crippen LogP contribution >= 0.6 is 36.2 Å². The molecule has 2 aromatic heterocycles. The fraction of sp³-hybridized carbons (Fsp3) is 0.533. The van der Waals surface area contributed by atoms with Crippen LogP contribution in [0.1, 0.15) is 26.0 Å². The van der Waals surface area contributed by atoms with Crippen LogP contribution < -0.4 is 5.73 Å². The molecule has 3 heterocycles. The third kappa shape index (κ3) is 4.24. The molecule has 0 saturated carbocycles. The van der Waals surface area contributed by atoms with Crippen LogP contribution in [-0.2, 0) is 6.54 Å². The first kappa shape index (κ1) is 19.5. The van der Waals surface area contributed by atoms with Crippen LogP contribution in [0.25, 0.3) is 10.8 Å². The van der Waals surface area contributed by atoms with Crippen LogP contribution in [-0.4, -0.2) is 29.0 Å². The highest BCUT2D eigenvalue weighted by Gasteiger charge is 2.33. The molecule has 0 amide bonds. The van der Waals surface area contributed by atoms with E-state index < -0.39 is 0 Å². The van der Waals surface area contributed by atoms with E-state index in [1.807, 2.05) is 12.1 Å². The van der Waals surface area contributed by atoms with Gasteiger partial charge in [0.1, 0.15) is 0 Å². The van der Waals surface area contributed by atoms with Crippen molar-refractivity contribution in [1.82, 2.24) is 9.88 Å². The van der Waals surface area contributed by atoms with E-state index in [0.29, 0.717) is 6.04 Å². The second kappa shape index (κ2) is 7.79. The van der Waals surface area contributed by atoms with E-state index in [9.17, 15) is 0 Å². The van der Waals surface area contributed by atoms with Crippen molar-refractivity contribution in [2.75, 3.05) is 13.1 Å². The molecule has 7 heteroatoms. The summed E-state index contributed by atoms with van der Waals surface area (Å²) in [7, 11) is 0. The standard InChI is InChI=1S/C15H21N3OS.2ClH/c1-15(2)10-18(6-5-13(15)16)8-11-9-20-14(17-11)12-4-3-7-19-12;;/h3-4,7,9,13H,5-6,8,10,16H2,1-2H3;2*1H. The first-order valence-electron chi connectivity index (χ1n) is 7.01. The molecule has 0 radical (unpaired) electrons. The van der Waals surface area contributed by atoms with Gasteiger partial charge in [0.15, 0.2) is 10.8 Å². The normalized spacial score (nSPS) is 21.0. The molecular weight excluding hydrogens is 341 g/mol. The molecule has 1 aliphatic heterocycles. The Labute approximate surface area is 147 Å². The minimum absolute atomic E-state index is 0. The maximum atomic E-state index is 6.18. The molecule has 1 saturated heterocycles. The number of aromatic nitrogens is 1. The van der Waals surface area contributed by atoms with Crippen LogP contribution in [0.4, 0.5) is 0 Å². The number of rotatable bonds is 3. The van der Waals surface area contributed by atoms with Gasteiger partial charge in [-0.05, 0) is 24.0 Å². The maximum absolute atomic E-state index is 6.18. The summed E-state index contributed by atoms with van der Waals surface area (Å²) in [4.78, 5) is 7.11. The summed E-state index contributed by atoms with van der Waals surface area (Å²) in [6.07, 6.45) is 2.74. The van der Waals surface area contributed by atoms with E-state index >= 15 is 0 Å². The summed E-state index contributed by atoms with van der Waals surface area (Å²) in [6, 6.07) is 4.14. The number of nitrogens with zero attached hydrogens (tertiary/aromatic N) is 2. The quantitative estimate of drug-likeness (QED) is 0.900. The van der Waals surface area contributed by atoms with E-state index in [1.165, 1.54) is 0 Å². The molecule has 0 bridgehead atoms. The number of hydrogen-bond donors (Lipinski definition) is 1. The summed E-state index contributed by atoms with van der Waals surface area (Å²) in [6.45, 7) is 7.48. The van der Waals surface area contributed by atoms with Gasteiger partial charge in [-0.2, -0.15) is 0 Å². The van der Waals surface area contributed by atoms with Gasteiger partial charge in [0.25, 0.3) is 0 Å². The van der Waals surface area contributed by atoms with Gasteiger partial charge in [-0.15, -0.1) is 36.2 Å². The minimum Gasteiger partial charge on any atom is -0.462 e. The Bertz CT molecular complexity index is 571. The van der Waals surface area contributed by atoms with Gasteiger partial charge in [0, 0.05) is 31.1 Å². The van der Waals surface area contributed by atoms with Crippen molar-refractivity contribution in [3.05, 3.63) is 29.5 Å². The lowest BCUT2D eigenvalue weighted by atomic mass is 9.80. The average molecular weight is 364 g/mol. The van der Waals surface area contributed by atoms with Crippen molar-refractivity contribution in [1.29, 1.82) is 0 Å². The molecule has 22 heavy (non-hydrogen) atoms.